The maximum Gasteiger partial charge on any atom is 0.229 e. The maximum absolute atomic E-state index is 9.77. The van der Waals surface area contributed by atoms with E-state index in [1.54, 1.807) is 6.07 Å². The summed E-state index contributed by atoms with van der Waals surface area (Å²) < 4.78 is 10.1. The topological polar surface area (TPSA) is 94.2 Å². The summed E-state index contributed by atoms with van der Waals surface area (Å²) in [5, 5.41) is 13.6. The molecule has 0 amide bonds. The molecule has 2 aromatic rings. The Morgan fingerprint density at radius 1 is 1.37 bits per heavy atom. The van der Waals surface area contributed by atoms with Crippen molar-refractivity contribution in [1.82, 2.24) is 20.1 Å². The van der Waals surface area contributed by atoms with Gasteiger partial charge in [0.2, 0.25) is 17.6 Å². The van der Waals surface area contributed by atoms with Gasteiger partial charge in [-0.3, -0.25) is 0 Å². The van der Waals surface area contributed by atoms with Crippen LogP contribution in [0.15, 0.2) is 16.9 Å². The predicted molar refractivity (Wildman–Crippen MR) is 66.4 cm³/mol. The van der Waals surface area contributed by atoms with Gasteiger partial charge in [-0.15, -0.1) is 0 Å². The number of aliphatic hydroxyl groups excluding tert-OH is 1. The fourth-order valence-electron chi connectivity index (χ4n) is 1.43. The Kier molecular flexibility index (Phi) is 4.06. The lowest BCUT2D eigenvalue weighted by atomic mass is 10.0. The van der Waals surface area contributed by atoms with Gasteiger partial charge in [-0.2, -0.15) is 4.98 Å². The number of nitrogens with zero attached hydrogens (tertiary/aromatic N) is 4. The molecular formula is C12H16N4O3. The summed E-state index contributed by atoms with van der Waals surface area (Å²) in [6.07, 6.45) is 1.19. The highest BCUT2D eigenvalue weighted by Gasteiger charge is 2.16. The lowest BCUT2D eigenvalue weighted by Crippen LogP contribution is -2.17. The minimum absolute atomic E-state index is 0.134. The van der Waals surface area contributed by atoms with Gasteiger partial charge in [0, 0.05) is 6.07 Å². The van der Waals surface area contributed by atoms with Crippen LogP contribution in [0.4, 0.5) is 0 Å². The monoisotopic (exact) mass is 264 g/mol. The number of rotatable bonds is 5. The predicted octanol–water partition coefficient (Wildman–Crippen LogP) is 1.09. The van der Waals surface area contributed by atoms with Crippen molar-refractivity contribution in [1.29, 1.82) is 0 Å². The van der Waals surface area contributed by atoms with E-state index in [1.165, 1.54) is 13.4 Å². The Morgan fingerprint density at radius 2 is 2.16 bits per heavy atom. The van der Waals surface area contributed by atoms with E-state index in [4.69, 9.17) is 9.26 Å². The number of ether oxygens (including phenoxy) is 1. The summed E-state index contributed by atoms with van der Waals surface area (Å²) in [6, 6.07) is 1.62. The molecule has 0 aromatic carbocycles. The molecule has 1 N–H and O–H groups in total. The van der Waals surface area contributed by atoms with Crippen molar-refractivity contribution in [3.63, 3.8) is 0 Å². The van der Waals surface area contributed by atoms with Crippen LogP contribution in [0.3, 0.4) is 0 Å². The quantitative estimate of drug-likeness (QED) is 0.863. The minimum atomic E-state index is -0.506. The summed E-state index contributed by atoms with van der Waals surface area (Å²) in [5.41, 5.74) is 0.515. The van der Waals surface area contributed by atoms with Crippen LogP contribution < -0.4 is 4.74 Å². The highest BCUT2D eigenvalue weighted by atomic mass is 16.5. The molecule has 0 saturated heterocycles. The van der Waals surface area contributed by atoms with E-state index in [0.29, 0.717) is 29.7 Å². The Labute approximate surface area is 110 Å². The third kappa shape index (κ3) is 3.25. The van der Waals surface area contributed by atoms with Gasteiger partial charge in [-0.25, -0.2) is 9.97 Å². The molecule has 0 aliphatic rings. The Bertz CT molecular complexity index is 541. The van der Waals surface area contributed by atoms with Crippen molar-refractivity contribution in [2.24, 2.45) is 5.92 Å². The first kappa shape index (κ1) is 13.4. The number of hydrogen-bond donors (Lipinski definition) is 1. The van der Waals surface area contributed by atoms with Gasteiger partial charge >= 0.3 is 0 Å². The van der Waals surface area contributed by atoms with Gasteiger partial charge in [0.25, 0.3) is 0 Å². The van der Waals surface area contributed by atoms with Crippen LogP contribution in [0.25, 0.3) is 11.5 Å². The molecule has 0 radical (unpaired) electrons. The van der Waals surface area contributed by atoms with Crippen LogP contribution in [0.1, 0.15) is 19.7 Å². The summed E-state index contributed by atoms with van der Waals surface area (Å²) in [7, 11) is 1.52. The molecule has 2 aromatic heterocycles. The normalized spacial score (nSPS) is 12.7. The Morgan fingerprint density at radius 3 is 2.84 bits per heavy atom. The molecule has 0 spiro atoms. The van der Waals surface area contributed by atoms with E-state index >= 15 is 0 Å². The number of hydrogen-bond acceptors (Lipinski definition) is 7. The van der Waals surface area contributed by atoms with Crippen molar-refractivity contribution in [3.8, 4) is 17.4 Å². The first-order valence-corrected chi connectivity index (χ1v) is 5.97. The lowest BCUT2D eigenvalue weighted by Gasteiger charge is -2.10. The van der Waals surface area contributed by atoms with E-state index in [0.717, 1.165) is 0 Å². The number of aromatic nitrogens is 4. The Balaban J connectivity index is 2.16. The fraction of sp³-hybridized carbons (Fsp3) is 0.500. The van der Waals surface area contributed by atoms with Gasteiger partial charge < -0.3 is 14.4 Å². The second-order valence-corrected chi connectivity index (χ2v) is 4.47. The SMILES string of the molecule is COc1cc(-c2noc(CC(O)C(C)C)n2)ncn1. The average molecular weight is 264 g/mol. The molecule has 102 valence electrons. The van der Waals surface area contributed by atoms with Crippen LogP contribution >= 0.6 is 0 Å². The molecule has 1 atom stereocenters. The lowest BCUT2D eigenvalue weighted by molar-refractivity contribution is 0.116. The Hall–Kier alpha value is -2.02. The molecule has 0 fully saturated rings. The number of aliphatic hydroxyl groups is 1. The van der Waals surface area contributed by atoms with Crippen molar-refractivity contribution in [2.75, 3.05) is 7.11 Å². The molecule has 0 aliphatic carbocycles. The first-order valence-electron chi connectivity index (χ1n) is 5.97. The highest BCUT2D eigenvalue weighted by Crippen LogP contribution is 2.17. The van der Waals surface area contributed by atoms with Gasteiger partial charge in [0.15, 0.2) is 0 Å². The van der Waals surface area contributed by atoms with Crippen LogP contribution in [0, 0.1) is 5.92 Å². The molecule has 2 rings (SSSR count). The van der Waals surface area contributed by atoms with E-state index in [9.17, 15) is 5.11 Å². The van der Waals surface area contributed by atoms with Crippen molar-refractivity contribution < 1.29 is 14.4 Å². The van der Waals surface area contributed by atoms with Gasteiger partial charge in [0.05, 0.1) is 19.6 Å². The zero-order valence-corrected chi connectivity index (χ0v) is 11.1. The van der Waals surface area contributed by atoms with Crippen LogP contribution in [-0.4, -0.2) is 38.4 Å². The molecule has 1 unspecified atom stereocenters. The van der Waals surface area contributed by atoms with E-state index in [2.05, 4.69) is 20.1 Å². The van der Waals surface area contributed by atoms with Crippen molar-refractivity contribution >= 4 is 0 Å². The van der Waals surface area contributed by atoms with Crippen LogP contribution in [0.5, 0.6) is 5.88 Å². The standard InChI is InChI=1S/C12H16N4O3/c1-7(2)9(17)5-11-15-12(16-19-11)8-4-10(18-3)14-6-13-8/h4,6-7,9,17H,5H2,1-3H3. The molecule has 19 heavy (non-hydrogen) atoms. The zero-order chi connectivity index (χ0) is 13.8. The van der Waals surface area contributed by atoms with E-state index < -0.39 is 6.10 Å². The van der Waals surface area contributed by atoms with Crippen LogP contribution in [-0.2, 0) is 6.42 Å². The summed E-state index contributed by atoms with van der Waals surface area (Å²) in [5.74, 6) is 1.30. The fourth-order valence-corrected chi connectivity index (χ4v) is 1.43. The third-order valence-electron chi connectivity index (χ3n) is 2.70. The zero-order valence-electron chi connectivity index (χ0n) is 11.1. The molecule has 0 bridgehead atoms. The summed E-state index contributed by atoms with van der Waals surface area (Å²) in [4.78, 5) is 12.1. The van der Waals surface area contributed by atoms with Gasteiger partial charge in [0.1, 0.15) is 12.0 Å². The highest BCUT2D eigenvalue weighted by molar-refractivity contribution is 5.49. The minimum Gasteiger partial charge on any atom is -0.481 e. The van der Waals surface area contributed by atoms with Gasteiger partial charge in [-0.1, -0.05) is 19.0 Å². The first-order chi connectivity index (χ1) is 9.10. The van der Waals surface area contributed by atoms with E-state index in [-0.39, 0.29) is 5.92 Å². The third-order valence-corrected chi connectivity index (χ3v) is 2.70. The number of methoxy groups -OCH3 is 1. The summed E-state index contributed by atoms with van der Waals surface area (Å²) in [6.45, 7) is 3.86. The molecule has 7 nitrogen and oxygen atoms in total. The molecule has 0 aliphatic heterocycles. The van der Waals surface area contributed by atoms with Gasteiger partial charge in [-0.05, 0) is 5.92 Å². The molecule has 0 saturated carbocycles. The smallest absolute Gasteiger partial charge is 0.229 e. The second kappa shape index (κ2) is 5.75. The second-order valence-electron chi connectivity index (χ2n) is 4.47. The maximum atomic E-state index is 9.77. The molecule has 2 heterocycles. The molecular weight excluding hydrogens is 248 g/mol. The molecule has 7 heteroatoms. The van der Waals surface area contributed by atoms with E-state index in [1.807, 2.05) is 13.8 Å². The summed E-state index contributed by atoms with van der Waals surface area (Å²) >= 11 is 0. The van der Waals surface area contributed by atoms with Crippen LogP contribution in [0.2, 0.25) is 0 Å². The average Bonchev–Trinajstić information content (AvgIpc) is 2.87. The van der Waals surface area contributed by atoms with Crippen molar-refractivity contribution in [3.05, 3.63) is 18.3 Å². The van der Waals surface area contributed by atoms with Crippen molar-refractivity contribution in [2.45, 2.75) is 26.4 Å². The largest absolute Gasteiger partial charge is 0.481 e.